The van der Waals surface area contributed by atoms with Crippen LogP contribution in [-0.2, 0) is 22.7 Å². The summed E-state index contributed by atoms with van der Waals surface area (Å²) < 4.78 is 10.1. The third-order valence-corrected chi connectivity index (χ3v) is 2.27. The number of Topliss-reactive ketones (excluding diaryl/α,β-unsaturated/α-hetero) is 1. The molecule has 0 bridgehead atoms. The van der Waals surface area contributed by atoms with Crippen LogP contribution >= 0.6 is 0 Å². The number of ketones is 1. The number of rotatable bonds is 6. The van der Waals surface area contributed by atoms with Gasteiger partial charge in [-0.2, -0.15) is 0 Å². The van der Waals surface area contributed by atoms with E-state index in [1.54, 1.807) is 26.4 Å². The lowest BCUT2D eigenvalue weighted by molar-refractivity contribution is 0.0903. The van der Waals surface area contributed by atoms with Crippen molar-refractivity contribution < 1.29 is 19.4 Å². The van der Waals surface area contributed by atoms with Crippen LogP contribution in [0.2, 0.25) is 0 Å². The van der Waals surface area contributed by atoms with Crippen LogP contribution in [0.5, 0.6) is 0 Å². The van der Waals surface area contributed by atoms with E-state index in [1.807, 2.05) is 6.07 Å². The molecule has 16 heavy (non-hydrogen) atoms. The van der Waals surface area contributed by atoms with Crippen molar-refractivity contribution in [3.05, 3.63) is 34.9 Å². The molecule has 0 radical (unpaired) electrons. The minimum absolute atomic E-state index is 0.290. The van der Waals surface area contributed by atoms with Gasteiger partial charge in [0.05, 0.1) is 13.2 Å². The maximum absolute atomic E-state index is 11.3. The number of hydrogen-bond acceptors (Lipinski definition) is 4. The number of methoxy groups -OCH3 is 2. The van der Waals surface area contributed by atoms with Crippen molar-refractivity contribution in [2.75, 3.05) is 20.8 Å². The van der Waals surface area contributed by atoms with Gasteiger partial charge in [0.2, 0.25) is 0 Å². The van der Waals surface area contributed by atoms with Crippen LogP contribution in [-0.4, -0.2) is 31.7 Å². The molecule has 0 saturated carbocycles. The molecule has 1 rings (SSSR count). The number of aliphatic hydroxyl groups excluding tert-OH is 1. The van der Waals surface area contributed by atoms with Crippen LogP contribution in [0.25, 0.3) is 0 Å². The Morgan fingerprint density at radius 3 is 2.38 bits per heavy atom. The minimum atomic E-state index is -0.476. The normalized spacial score (nSPS) is 10.4. The number of hydrogen-bond donors (Lipinski definition) is 1. The molecule has 0 aliphatic rings. The Hall–Kier alpha value is -1.23. The molecule has 0 aliphatic heterocycles. The average Bonchev–Trinajstić information content (AvgIpc) is 2.31. The molecule has 1 N–H and O–H groups in total. The summed E-state index contributed by atoms with van der Waals surface area (Å²) in [6.07, 6.45) is 0. The molecule has 0 aromatic heterocycles. The average molecular weight is 224 g/mol. The van der Waals surface area contributed by atoms with E-state index in [-0.39, 0.29) is 5.78 Å². The monoisotopic (exact) mass is 224 g/mol. The zero-order chi connectivity index (χ0) is 12.0. The molecule has 0 saturated heterocycles. The van der Waals surface area contributed by atoms with Gasteiger partial charge in [0, 0.05) is 19.8 Å². The van der Waals surface area contributed by atoms with Crippen molar-refractivity contribution in [2.24, 2.45) is 0 Å². The first-order chi connectivity index (χ1) is 7.72. The van der Waals surface area contributed by atoms with E-state index in [0.29, 0.717) is 18.8 Å². The van der Waals surface area contributed by atoms with E-state index in [9.17, 15) is 4.79 Å². The first-order valence-electron chi connectivity index (χ1n) is 4.96. The zero-order valence-electron chi connectivity index (χ0n) is 9.53. The van der Waals surface area contributed by atoms with Crippen LogP contribution in [0, 0.1) is 0 Å². The second-order valence-corrected chi connectivity index (χ2v) is 3.43. The van der Waals surface area contributed by atoms with Gasteiger partial charge < -0.3 is 14.6 Å². The number of carbonyl (C=O) groups is 1. The number of benzene rings is 1. The lowest BCUT2D eigenvalue weighted by atomic mass is 10.0. The van der Waals surface area contributed by atoms with E-state index < -0.39 is 6.61 Å². The molecule has 0 heterocycles. The summed E-state index contributed by atoms with van der Waals surface area (Å²) in [6.45, 7) is 0.424. The Morgan fingerprint density at radius 1 is 1.19 bits per heavy atom. The topological polar surface area (TPSA) is 55.8 Å². The highest BCUT2D eigenvalue weighted by atomic mass is 16.5. The molecule has 0 fully saturated rings. The van der Waals surface area contributed by atoms with Crippen LogP contribution in [0.4, 0.5) is 0 Å². The SMILES string of the molecule is COCc1ccc(C(=O)CO)cc1COC. The van der Waals surface area contributed by atoms with Gasteiger partial charge >= 0.3 is 0 Å². The number of carbonyl (C=O) groups excluding carboxylic acids is 1. The van der Waals surface area contributed by atoms with Crippen LogP contribution < -0.4 is 0 Å². The third kappa shape index (κ3) is 3.13. The van der Waals surface area contributed by atoms with Crippen molar-refractivity contribution >= 4 is 5.78 Å². The quantitative estimate of drug-likeness (QED) is 0.736. The Kier molecular flexibility index (Phi) is 5.11. The summed E-state index contributed by atoms with van der Waals surface area (Å²) >= 11 is 0. The lowest BCUT2D eigenvalue weighted by Gasteiger charge is -2.09. The van der Waals surface area contributed by atoms with E-state index >= 15 is 0 Å². The fourth-order valence-corrected chi connectivity index (χ4v) is 1.48. The smallest absolute Gasteiger partial charge is 0.188 e. The van der Waals surface area contributed by atoms with Gasteiger partial charge in [0.15, 0.2) is 5.78 Å². The van der Waals surface area contributed by atoms with Gasteiger partial charge in [-0.05, 0) is 17.2 Å². The number of aliphatic hydroxyl groups is 1. The van der Waals surface area contributed by atoms with Gasteiger partial charge in [-0.3, -0.25) is 4.79 Å². The summed E-state index contributed by atoms with van der Waals surface area (Å²) in [6, 6.07) is 5.24. The molecule has 0 aliphatic carbocycles. The molecule has 1 aromatic carbocycles. The molecular weight excluding hydrogens is 208 g/mol. The maximum Gasteiger partial charge on any atom is 0.188 e. The molecular formula is C12H16O4. The summed E-state index contributed by atoms with van der Waals surface area (Å²) in [5.41, 5.74) is 2.39. The molecule has 0 unspecified atom stereocenters. The van der Waals surface area contributed by atoms with Gasteiger partial charge in [-0.25, -0.2) is 0 Å². The molecule has 1 aromatic rings. The third-order valence-electron chi connectivity index (χ3n) is 2.27. The van der Waals surface area contributed by atoms with Crippen LogP contribution in [0.3, 0.4) is 0 Å². The summed E-state index contributed by atoms with van der Waals surface area (Å²) in [4.78, 5) is 11.3. The fraction of sp³-hybridized carbons (Fsp3) is 0.417. The zero-order valence-corrected chi connectivity index (χ0v) is 9.53. The van der Waals surface area contributed by atoms with E-state index in [1.165, 1.54) is 0 Å². The summed E-state index contributed by atoms with van der Waals surface area (Å²) in [5, 5.41) is 8.78. The predicted molar refractivity (Wildman–Crippen MR) is 59.3 cm³/mol. The van der Waals surface area contributed by atoms with Crippen molar-refractivity contribution in [2.45, 2.75) is 13.2 Å². The van der Waals surface area contributed by atoms with E-state index in [4.69, 9.17) is 14.6 Å². The predicted octanol–water partition coefficient (Wildman–Crippen LogP) is 1.15. The first kappa shape index (κ1) is 12.8. The van der Waals surface area contributed by atoms with Gasteiger partial charge in [0.25, 0.3) is 0 Å². The maximum atomic E-state index is 11.3. The first-order valence-corrected chi connectivity index (χ1v) is 4.96. The highest BCUT2D eigenvalue weighted by molar-refractivity contribution is 5.97. The van der Waals surface area contributed by atoms with E-state index in [2.05, 4.69) is 0 Å². The van der Waals surface area contributed by atoms with Crippen molar-refractivity contribution in [3.8, 4) is 0 Å². The lowest BCUT2D eigenvalue weighted by Crippen LogP contribution is -2.07. The van der Waals surface area contributed by atoms with Crippen LogP contribution in [0.15, 0.2) is 18.2 Å². The largest absolute Gasteiger partial charge is 0.388 e. The van der Waals surface area contributed by atoms with E-state index in [0.717, 1.165) is 11.1 Å². The Labute approximate surface area is 94.8 Å². The Morgan fingerprint density at radius 2 is 1.81 bits per heavy atom. The standard InChI is InChI=1S/C12H16O4/c1-15-7-10-4-3-9(12(14)6-13)5-11(10)8-16-2/h3-5,13H,6-8H2,1-2H3. The Balaban J connectivity index is 3.01. The molecule has 0 atom stereocenters. The second-order valence-electron chi connectivity index (χ2n) is 3.43. The summed E-state index contributed by atoms with van der Waals surface area (Å²) in [7, 11) is 3.21. The molecule has 4 nitrogen and oxygen atoms in total. The molecule has 88 valence electrons. The molecule has 0 amide bonds. The minimum Gasteiger partial charge on any atom is -0.388 e. The number of ether oxygens (including phenoxy) is 2. The van der Waals surface area contributed by atoms with Crippen molar-refractivity contribution in [1.29, 1.82) is 0 Å². The van der Waals surface area contributed by atoms with Crippen LogP contribution in [0.1, 0.15) is 21.5 Å². The fourth-order valence-electron chi connectivity index (χ4n) is 1.48. The highest BCUT2D eigenvalue weighted by Crippen LogP contribution is 2.14. The van der Waals surface area contributed by atoms with Gasteiger partial charge in [-0.1, -0.05) is 12.1 Å². The van der Waals surface area contributed by atoms with Gasteiger partial charge in [0.1, 0.15) is 6.61 Å². The van der Waals surface area contributed by atoms with Gasteiger partial charge in [-0.15, -0.1) is 0 Å². The van der Waals surface area contributed by atoms with Crippen molar-refractivity contribution in [1.82, 2.24) is 0 Å². The molecule has 4 heteroatoms. The second kappa shape index (κ2) is 6.37. The highest BCUT2D eigenvalue weighted by Gasteiger charge is 2.08. The Bertz CT molecular complexity index is 360. The summed E-state index contributed by atoms with van der Waals surface area (Å²) in [5.74, 6) is -0.290. The molecule has 0 spiro atoms. The van der Waals surface area contributed by atoms with Crippen molar-refractivity contribution in [3.63, 3.8) is 0 Å².